The molecule has 0 atom stereocenters. The summed E-state index contributed by atoms with van der Waals surface area (Å²) >= 11 is 0. The van der Waals surface area contributed by atoms with Gasteiger partial charge in [-0.05, 0) is 37.6 Å². The zero-order valence-corrected chi connectivity index (χ0v) is 13.8. The summed E-state index contributed by atoms with van der Waals surface area (Å²) in [5.41, 5.74) is 0.432. The molecule has 0 spiro atoms. The van der Waals surface area contributed by atoms with E-state index >= 15 is 0 Å². The van der Waals surface area contributed by atoms with Gasteiger partial charge in [0.15, 0.2) is 0 Å². The molecule has 118 valence electrons. The van der Waals surface area contributed by atoms with Gasteiger partial charge in [0.2, 0.25) is 0 Å². The predicted octanol–water partition coefficient (Wildman–Crippen LogP) is 3.05. The Bertz CT molecular complexity index is 268. The normalized spacial score (nSPS) is 23.9. The van der Waals surface area contributed by atoms with Crippen molar-refractivity contribution in [2.75, 3.05) is 32.8 Å². The minimum atomic E-state index is 0.432. The predicted molar refractivity (Wildman–Crippen MR) is 85.1 cm³/mol. The van der Waals surface area contributed by atoms with Crippen LogP contribution < -0.4 is 5.32 Å². The van der Waals surface area contributed by atoms with Gasteiger partial charge in [-0.25, -0.2) is 0 Å². The van der Waals surface area contributed by atoms with Crippen molar-refractivity contribution in [3.8, 4) is 0 Å². The van der Waals surface area contributed by atoms with Crippen molar-refractivity contribution in [1.82, 2.24) is 10.2 Å². The van der Waals surface area contributed by atoms with Gasteiger partial charge in [-0.1, -0.05) is 33.6 Å². The van der Waals surface area contributed by atoms with Crippen LogP contribution in [0.5, 0.6) is 0 Å². The SMILES string of the molecule is CCN(CC1(CNC(C)C)CCOCC1)C1CCCC1. The lowest BCUT2D eigenvalue weighted by molar-refractivity contribution is -0.0113. The molecule has 3 nitrogen and oxygen atoms in total. The standard InChI is InChI=1S/C17H34N2O/c1-4-19(16-7-5-6-8-16)14-17(13-18-15(2)3)9-11-20-12-10-17/h15-16,18H,4-14H2,1-3H3. The topological polar surface area (TPSA) is 24.5 Å². The summed E-state index contributed by atoms with van der Waals surface area (Å²) in [6.07, 6.45) is 8.13. The molecule has 0 radical (unpaired) electrons. The number of hydrogen-bond acceptors (Lipinski definition) is 3. The second kappa shape index (κ2) is 7.77. The van der Waals surface area contributed by atoms with Gasteiger partial charge in [0.1, 0.15) is 0 Å². The quantitative estimate of drug-likeness (QED) is 0.777. The molecule has 1 N–H and O–H groups in total. The van der Waals surface area contributed by atoms with Crippen LogP contribution in [-0.2, 0) is 4.74 Å². The Morgan fingerprint density at radius 3 is 2.40 bits per heavy atom. The van der Waals surface area contributed by atoms with Crippen molar-refractivity contribution in [2.24, 2.45) is 5.41 Å². The monoisotopic (exact) mass is 282 g/mol. The van der Waals surface area contributed by atoms with Crippen LogP contribution in [0.3, 0.4) is 0 Å². The van der Waals surface area contributed by atoms with E-state index in [1.165, 1.54) is 51.6 Å². The van der Waals surface area contributed by atoms with E-state index in [2.05, 4.69) is 31.0 Å². The van der Waals surface area contributed by atoms with Crippen LogP contribution in [0.25, 0.3) is 0 Å². The molecule has 1 saturated carbocycles. The fourth-order valence-corrected chi connectivity index (χ4v) is 3.82. The molecule has 1 aliphatic carbocycles. The largest absolute Gasteiger partial charge is 0.381 e. The van der Waals surface area contributed by atoms with E-state index in [1.54, 1.807) is 0 Å². The third-order valence-corrected chi connectivity index (χ3v) is 5.22. The average molecular weight is 282 g/mol. The van der Waals surface area contributed by atoms with Crippen LogP contribution in [0.15, 0.2) is 0 Å². The molecule has 1 heterocycles. The van der Waals surface area contributed by atoms with Crippen molar-refractivity contribution in [1.29, 1.82) is 0 Å². The lowest BCUT2D eigenvalue weighted by Crippen LogP contribution is -2.50. The van der Waals surface area contributed by atoms with Gasteiger partial charge in [-0.2, -0.15) is 0 Å². The molecule has 20 heavy (non-hydrogen) atoms. The molecule has 3 heteroatoms. The molecule has 0 bridgehead atoms. The molecular weight excluding hydrogens is 248 g/mol. The van der Waals surface area contributed by atoms with E-state index < -0.39 is 0 Å². The third kappa shape index (κ3) is 4.44. The zero-order valence-electron chi connectivity index (χ0n) is 13.8. The Morgan fingerprint density at radius 1 is 1.20 bits per heavy atom. The van der Waals surface area contributed by atoms with E-state index in [1.807, 2.05) is 0 Å². The average Bonchev–Trinajstić information content (AvgIpc) is 2.98. The first-order valence-corrected chi connectivity index (χ1v) is 8.70. The molecule has 0 unspecified atom stereocenters. The summed E-state index contributed by atoms with van der Waals surface area (Å²) < 4.78 is 5.63. The summed E-state index contributed by atoms with van der Waals surface area (Å²) in [4.78, 5) is 2.76. The van der Waals surface area contributed by atoms with Crippen molar-refractivity contribution < 1.29 is 4.74 Å². The molecule has 0 amide bonds. The Kier molecular flexibility index (Phi) is 6.31. The van der Waals surface area contributed by atoms with Crippen LogP contribution in [0.4, 0.5) is 0 Å². The second-order valence-corrected chi connectivity index (χ2v) is 7.15. The number of nitrogens with zero attached hydrogens (tertiary/aromatic N) is 1. The highest BCUT2D eigenvalue weighted by Crippen LogP contribution is 2.34. The minimum absolute atomic E-state index is 0.432. The number of hydrogen-bond donors (Lipinski definition) is 1. The van der Waals surface area contributed by atoms with E-state index in [9.17, 15) is 0 Å². The van der Waals surface area contributed by atoms with Crippen molar-refractivity contribution in [3.63, 3.8) is 0 Å². The van der Waals surface area contributed by atoms with Crippen molar-refractivity contribution in [3.05, 3.63) is 0 Å². The van der Waals surface area contributed by atoms with E-state index in [-0.39, 0.29) is 0 Å². The molecule has 1 aliphatic heterocycles. The smallest absolute Gasteiger partial charge is 0.0472 e. The lowest BCUT2D eigenvalue weighted by Gasteiger charge is -2.43. The van der Waals surface area contributed by atoms with Crippen LogP contribution in [0.2, 0.25) is 0 Å². The molecule has 0 aromatic carbocycles. The molecule has 2 aliphatic rings. The maximum Gasteiger partial charge on any atom is 0.0472 e. The van der Waals surface area contributed by atoms with Gasteiger partial charge in [-0.15, -0.1) is 0 Å². The molecule has 1 saturated heterocycles. The van der Waals surface area contributed by atoms with Crippen molar-refractivity contribution >= 4 is 0 Å². The summed E-state index contributed by atoms with van der Waals surface area (Å²) in [5, 5.41) is 3.69. The van der Waals surface area contributed by atoms with Gasteiger partial charge in [-0.3, -0.25) is 0 Å². The summed E-state index contributed by atoms with van der Waals surface area (Å²) in [5.74, 6) is 0. The zero-order chi connectivity index (χ0) is 14.4. The first kappa shape index (κ1) is 16.3. The number of ether oxygens (including phenoxy) is 1. The van der Waals surface area contributed by atoms with Gasteiger partial charge in [0, 0.05) is 38.4 Å². The fourth-order valence-electron chi connectivity index (χ4n) is 3.82. The van der Waals surface area contributed by atoms with Gasteiger partial charge < -0.3 is 15.0 Å². The first-order valence-electron chi connectivity index (χ1n) is 8.70. The van der Waals surface area contributed by atoms with Gasteiger partial charge in [0.05, 0.1) is 0 Å². The summed E-state index contributed by atoms with van der Waals surface area (Å²) in [6, 6.07) is 1.43. The molecule has 2 fully saturated rings. The molecule has 0 aromatic heterocycles. The highest BCUT2D eigenvalue weighted by Gasteiger charge is 2.36. The number of nitrogens with one attached hydrogen (secondary N) is 1. The van der Waals surface area contributed by atoms with Gasteiger partial charge >= 0.3 is 0 Å². The first-order chi connectivity index (χ1) is 9.65. The maximum absolute atomic E-state index is 5.63. The Morgan fingerprint density at radius 2 is 1.85 bits per heavy atom. The van der Waals surface area contributed by atoms with Crippen LogP contribution in [0, 0.1) is 5.41 Å². The van der Waals surface area contributed by atoms with Crippen molar-refractivity contribution in [2.45, 2.75) is 71.4 Å². The highest BCUT2D eigenvalue weighted by molar-refractivity contribution is 4.90. The van der Waals surface area contributed by atoms with E-state index in [4.69, 9.17) is 4.74 Å². The minimum Gasteiger partial charge on any atom is -0.381 e. The Labute approximate surface area is 125 Å². The summed E-state index contributed by atoms with van der Waals surface area (Å²) in [6.45, 7) is 12.3. The maximum atomic E-state index is 5.63. The van der Waals surface area contributed by atoms with Crippen LogP contribution >= 0.6 is 0 Å². The Hall–Kier alpha value is -0.120. The Balaban J connectivity index is 1.97. The van der Waals surface area contributed by atoms with E-state index in [0.29, 0.717) is 11.5 Å². The highest BCUT2D eigenvalue weighted by atomic mass is 16.5. The van der Waals surface area contributed by atoms with Crippen LogP contribution in [-0.4, -0.2) is 49.8 Å². The fraction of sp³-hybridized carbons (Fsp3) is 1.00. The third-order valence-electron chi connectivity index (χ3n) is 5.22. The second-order valence-electron chi connectivity index (χ2n) is 7.15. The summed E-state index contributed by atoms with van der Waals surface area (Å²) in [7, 11) is 0. The van der Waals surface area contributed by atoms with Crippen LogP contribution in [0.1, 0.15) is 59.3 Å². The van der Waals surface area contributed by atoms with Gasteiger partial charge in [0.25, 0.3) is 0 Å². The lowest BCUT2D eigenvalue weighted by atomic mass is 9.79. The van der Waals surface area contributed by atoms with E-state index in [0.717, 1.165) is 25.8 Å². The number of rotatable bonds is 7. The molecular formula is C17H34N2O. The molecule has 0 aromatic rings. The molecule has 2 rings (SSSR count).